The SMILES string of the molecule is CC(C)(C)OC(=O)NC1CCS(=O)(=O)CC1=O.COC(=O)[C@H](CCS(C)(=O)=O)NC(=O)OC(C)(C)C. The predicted molar refractivity (Wildman–Crippen MR) is 131 cm³/mol. The summed E-state index contributed by atoms with van der Waals surface area (Å²) >= 11 is 0. The topological polar surface area (TPSA) is 188 Å². The first kappa shape index (κ1) is 33.6. The molecule has 36 heavy (non-hydrogen) atoms. The minimum absolute atomic E-state index is 0.0647. The van der Waals surface area contributed by atoms with Gasteiger partial charge in [0.05, 0.1) is 24.7 Å². The number of alkyl carbamates (subject to hydrolysis) is 2. The van der Waals surface area contributed by atoms with Crippen molar-refractivity contribution in [3.63, 3.8) is 0 Å². The van der Waals surface area contributed by atoms with Crippen molar-refractivity contribution in [2.24, 2.45) is 0 Å². The van der Waals surface area contributed by atoms with E-state index in [0.29, 0.717) is 0 Å². The van der Waals surface area contributed by atoms with Gasteiger partial charge in [0, 0.05) is 6.26 Å². The Hall–Kier alpha value is -2.42. The highest BCUT2D eigenvalue weighted by molar-refractivity contribution is 7.92. The van der Waals surface area contributed by atoms with Crippen molar-refractivity contribution in [2.75, 3.05) is 30.6 Å². The minimum Gasteiger partial charge on any atom is -0.467 e. The van der Waals surface area contributed by atoms with E-state index < -0.39 is 72.7 Å². The maximum atomic E-state index is 11.5. The van der Waals surface area contributed by atoms with Crippen LogP contribution in [0.3, 0.4) is 0 Å². The molecular weight excluding hydrogens is 520 g/mol. The van der Waals surface area contributed by atoms with Gasteiger partial charge in [-0.15, -0.1) is 0 Å². The molecule has 2 amide bonds. The van der Waals surface area contributed by atoms with E-state index in [1.54, 1.807) is 41.5 Å². The van der Waals surface area contributed by atoms with Gasteiger partial charge in [0.2, 0.25) is 0 Å². The molecule has 1 rings (SSSR count). The average Bonchev–Trinajstić information content (AvgIpc) is 2.63. The first-order valence-electron chi connectivity index (χ1n) is 11.0. The van der Waals surface area contributed by atoms with E-state index in [1.807, 2.05) is 0 Å². The van der Waals surface area contributed by atoms with Crippen molar-refractivity contribution in [3.8, 4) is 0 Å². The van der Waals surface area contributed by atoms with Crippen LogP contribution in [-0.4, -0.2) is 94.7 Å². The molecule has 1 saturated heterocycles. The molecule has 1 aliphatic rings. The molecule has 0 radical (unpaired) electrons. The van der Waals surface area contributed by atoms with Gasteiger partial charge in [-0.2, -0.15) is 0 Å². The third-order valence-corrected chi connectivity index (χ3v) is 6.67. The van der Waals surface area contributed by atoms with E-state index in [9.17, 15) is 36.0 Å². The lowest BCUT2D eigenvalue weighted by Gasteiger charge is -2.25. The van der Waals surface area contributed by atoms with Crippen molar-refractivity contribution in [1.29, 1.82) is 0 Å². The van der Waals surface area contributed by atoms with Crippen molar-refractivity contribution < 1.29 is 50.2 Å². The molecule has 0 aromatic heterocycles. The van der Waals surface area contributed by atoms with Crippen LogP contribution in [0.5, 0.6) is 0 Å². The Kier molecular flexibility index (Phi) is 12.3. The smallest absolute Gasteiger partial charge is 0.408 e. The second kappa shape index (κ2) is 13.2. The molecular formula is C21H38N2O11S2. The summed E-state index contributed by atoms with van der Waals surface area (Å²) in [6, 6.07) is -1.80. The zero-order valence-corrected chi connectivity index (χ0v) is 23.6. The van der Waals surface area contributed by atoms with Crippen LogP contribution in [0.15, 0.2) is 0 Å². The van der Waals surface area contributed by atoms with Gasteiger partial charge in [0.25, 0.3) is 0 Å². The number of hydrogen-bond acceptors (Lipinski definition) is 11. The summed E-state index contributed by atoms with van der Waals surface area (Å²) in [5.41, 5.74) is -1.35. The highest BCUT2D eigenvalue weighted by Crippen LogP contribution is 2.12. The zero-order valence-electron chi connectivity index (χ0n) is 22.0. The van der Waals surface area contributed by atoms with Crippen LogP contribution in [0.4, 0.5) is 9.59 Å². The zero-order chi connectivity index (χ0) is 28.5. The fraction of sp³-hybridized carbons (Fsp3) is 0.810. The molecule has 2 N–H and O–H groups in total. The molecule has 210 valence electrons. The first-order chi connectivity index (χ1) is 16.0. The van der Waals surface area contributed by atoms with E-state index in [1.165, 1.54) is 0 Å². The Morgan fingerprint density at radius 2 is 1.53 bits per heavy atom. The van der Waals surface area contributed by atoms with Gasteiger partial charge < -0.3 is 24.8 Å². The third-order valence-electron chi connectivity index (χ3n) is 4.11. The maximum absolute atomic E-state index is 11.5. The molecule has 0 bridgehead atoms. The van der Waals surface area contributed by atoms with E-state index in [-0.39, 0.29) is 24.3 Å². The van der Waals surface area contributed by atoms with Gasteiger partial charge in [0.1, 0.15) is 32.8 Å². The minimum atomic E-state index is -3.28. The highest BCUT2D eigenvalue weighted by atomic mass is 32.2. The van der Waals surface area contributed by atoms with Crippen LogP contribution in [0.25, 0.3) is 0 Å². The number of Topliss-reactive ketones (excluding diaryl/α,β-unsaturated/α-hetero) is 1. The van der Waals surface area contributed by atoms with Crippen LogP contribution >= 0.6 is 0 Å². The summed E-state index contributed by atoms with van der Waals surface area (Å²) in [4.78, 5) is 45.8. The standard InChI is InChI=1S/C11H21NO6S.C10H17NO5S/c1-11(2,3)18-10(14)12-8(9(13)17-4)6-7-19(5,15)16;1-10(2,3)16-9(13)11-7-4-5-17(14,15)6-8(7)12/h8H,6-7H2,1-5H3,(H,12,14);7H,4-6H2,1-3H3,(H,11,13)/t8-;/m0./s1. The van der Waals surface area contributed by atoms with Crippen molar-refractivity contribution in [3.05, 3.63) is 0 Å². The van der Waals surface area contributed by atoms with Gasteiger partial charge in [0.15, 0.2) is 15.6 Å². The molecule has 0 aromatic rings. The van der Waals surface area contributed by atoms with Crippen LogP contribution in [0.2, 0.25) is 0 Å². The summed E-state index contributed by atoms with van der Waals surface area (Å²) in [6.07, 6.45) is -0.397. The molecule has 15 heteroatoms. The van der Waals surface area contributed by atoms with E-state index in [2.05, 4.69) is 15.4 Å². The van der Waals surface area contributed by atoms with Crippen molar-refractivity contribution in [1.82, 2.24) is 10.6 Å². The Morgan fingerprint density at radius 3 is 1.94 bits per heavy atom. The average molecular weight is 559 g/mol. The fourth-order valence-corrected chi connectivity index (χ4v) is 4.66. The molecule has 0 aliphatic carbocycles. The van der Waals surface area contributed by atoms with Gasteiger partial charge in [-0.3, -0.25) is 4.79 Å². The second-order valence-electron chi connectivity index (χ2n) is 10.2. The summed E-state index contributed by atoms with van der Waals surface area (Å²) in [5.74, 6) is -2.02. The van der Waals surface area contributed by atoms with Crippen LogP contribution in [-0.2, 0) is 43.5 Å². The van der Waals surface area contributed by atoms with Crippen molar-refractivity contribution in [2.45, 2.75) is 77.7 Å². The highest BCUT2D eigenvalue weighted by Gasteiger charge is 2.33. The van der Waals surface area contributed by atoms with Crippen LogP contribution < -0.4 is 10.6 Å². The number of ether oxygens (including phenoxy) is 3. The first-order valence-corrected chi connectivity index (χ1v) is 14.9. The van der Waals surface area contributed by atoms with Crippen LogP contribution in [0, 0.1) is 0 Å². The Balaban J connectivity index is 0.000000684. The number of sulfone groups is 2. The maximum Gasteiger partial charge on any atom is 0.408 e. The number of carbonyl (C=O) groups is 4. The van der Waals surface area contributed by atoms with E-state index in [4.69, 9.17) is 9.47 Å². The number of methoxy groups -OCH3 is 1. The molecule has 13 nitrogen and oxygen atoms in total. The van der Waals surface area contributed by atoms with Gasteiger partial charge in [-0.05, 0) is 54.4 Å². The quantitative estimate of drug-likeness (QED) is 0.346. The molecule has 0 spiro atoms. The number of amides is 2. The number of rotatable bonds is 6. The monoisotopic (exact) mass is 558 g/mol. The molecule has 1 unspecified atom stereocenters. The lowest BCUT2D eigenvalue weighted by atomic mass is 10.1. The molecule has 0 aromatic carbocycles. The van der Waals surface area contributed by atoms with E-state index >= 15 is 0 Å². The van der Waals surface area contributed by atoms with Gasteiger partial charge in [-0.25, -0.2) is 31.2 Å². The molecule has 1 heterocycles. The Labute approximate surface area is 212 Å². The molecule has 1 fully saturated rings. The number of hydrogen-bond donors (Lipinski definition) is 2. The third kappa shape index (κ3) is 16.3. The van der Waals surface area contributed by atoms with Gasteiger partial charge >= 0.3 is 18.2 Å². The van der Waals surface area contributed by atoms with Crippen molar-refractivity contribution >= 4 is 43.6 Å². The number of carbonyl (C=O) groups excluding carboxylic acids is 4. The van der Waals surface area contributed by atoms with E-state index in [0.717, 1.165) is 13.4 Å². The molecule has 2 atom stereocenters. The largest absolute Gasteiger partial charge is 0.467 e. The normalized spacial score (nSPS) is 18.6. The summed E-state index contributed by atoms with van der Waals surface area (Å²) in [5, 5.41) is 4.68. The number of esters is 1. The summed E-state index contributed by atoms with van der Waals surface area (Å²) in [7, 11) is -5.35. The second-order valence-corrected chi connectivity index (χ2v) is 14.6. The Morgan fingerprint density at radius 1 is 1.03 bits per heavy atom. The molecule has 0 saturated carbocycles. The molecule has 1 aliphatic heterocycles. The lowest BCUT2D eigenvalue weighted by molar-refractivity contribution is -0.143. The number of ketones is 1. The fourth-order valence-electron chi connectivity index (χ4n) is 2.62. The summed E-state index contributed by atoms with van der Waals surface area (Å²) in [6.45, 7) is 10.2. The number of nitrogens with one attached hydrogen (secondary N) is 2. The van der Waals surface area contributed by atoms with Crippen LogP contribution in [0.1, 0.15) is 54.4 Å². The van der Waals surface area contributed by atoms with Gasteiger partial charge in [-0.1, -0.05) is 0 Å². The Bertz CT molecular complexity index is 1010. The lowest BCUT2D eigenvalue weighted by Crippen LogP contribution is -2.49. The predicted octanol–water partition coefficient (Wildman–Crippen LogP) is 0.755. The summed E-state index contributed by atoms with van der Waals surface area (Å²) < 4.78 is 58.9.